The second kappa shape index (κ2) is 5.48. The Bertz CT molecular complexity index is 440. The maximum Gasteiger partial charge on any atom is 0.305 e. The van der Waals surface area contributed by atoms with E-state index in [1.807, 2.05) is 0 Å². The van der Waals surface area contributed by atoms with Gasteiger partial charge >= 0.3 is 5.69 Å². The standard InChI is InChI=1S/C12H19N5O2/c1-12(3-5-16(2)6-4-12)9-15-11-13-7-10(8-14-11)17(18)19/h7-8H,3-6,9H2,1-2H3,(H,13,14,15). The third kappa shape index (κ3) is 3.60. The average Bonchev–Trinajstić information content (AvgIpc) is 2.41. The lowest BCUT2D eigenvalue weighted by atomic mass is 9.80. The molecule has 1 saturated heterocycles. The summed E-state index contributed by atoms with van der Waals surface area (Å²) < 4.78 is 0. The number of piperidine rings is 1. The van der Waals surface area contributed by atoms with E-state index >= 15 is 0 Å². The van der Waals surface area contributed by atoms with Crippen molar-refractivity contribution in [1.82, 2.24) is 14.9 Å². The minimum Gasteiger partial charge on any atom is -0.354 e. The van der Waals surface area contributed by atoms with Crippen LogP contribution in [-0.2, 0) is 0 Å². The summed E-state index contributed by atoms with van der Waals surface area (Å²) in [6.45, 7) is 5.23. The maximum atomic E-state index is 10.5. The van der Waals surface area contributed by atoms with Gasteiger partial charge in [0.15, 0.2) is 0 Å². The van der Waals surface area contributed by atoms with E-state index in [2.05, 4.69) is 34.2 Å². The molecule has 1 aromatic heterocycles. The fraction of sp³-hybridized carbons (Fsp3) is 0.667. The molecule has 0 aromatic carbocycles. The van der Waals surface area contributed by atoms with Crippen LogP contribution in [0.3, 0.4) is 0 Å². The van der Waals surface area contributed by atoms with Gasteiger partial charge in [-0.2, -0.15) is 0 Å². The molecule has 1 aliphatic rings. The van der Waals surface area contributed by atoms with Crippen molar-refractivity contribution in [2.75, 3.05) is 32.0 Å². The first-order valence-corrected chi connectivity index (χ1v) is 6.37. The van der Waals surface area contributed by atoms with Crippen molar-refractivity contribution in [3.63, 3.8) is 0 Å². The highest BCUT2D eigenvalue weighted by Crippen LogP contribution is 2.30. The highest BCUT2D eigenvalue weighted by atomic mass is 16.6. The molecule has 1 N–H and O–H groups in total. The van der Waals surface area contributed by atoms with Gasteiger partial charge in [-0.25, -0.2) is 9.97 Å². The molecule has 2 rings (SSSR count). The molecule has 0 amide bonds. The third-order valence-electron chi connectivity index (χ3n) is 3.72. The van der Waals surface area contributed by atoms with Crippen LogP contribution in [0.25, 0.3) is 0 Å². The van der Waals surface area contributed by atoms with E-state index in [1.54, 1.807) is 0 Å². The maximum absolute atomic E-state index is 10.5. The molecule has 2 heterocycles. The predicted octanol–water partition coefficient (Wildman–Crippen LogP) is 1.53. The predicted molar refractivity (Wildman–Crippen MR) is 72.0 cm³/mol. The van der Waals surface area contributed by atoms with Crippen LogP contribution in [0.5, 0.6) is 0 Å². The third-order valence-corrected chi connectivity index (χ3v) is 3.72. The van der Waals surface area contributed by atoms with Crippen LogP contribution in [0.1, 0.15) is 19.8 Å². The van der Waals surface area contributed by atoms with E-state index in [4.69, 9.17) is 0 Å². The lowest BCUT2D eigenvalue weighted by molar-refractivity contribution is -0.385. The van der Waals surface area contributed by atoms with Crippen molar-refractivity contribution < 1.29 is 4.92 Å². The topological polar surface area (TPSA) is 84.2 Å². The zero-order valence-corrected chi connectivity index (χ0v) is 11.3. The Morgan fingerprint density at radius 3 is 2.53 bits per heavy atom. The summed E-state index contributed by atoms with van der Waals surface area (Å²) in [6, 6.07) is 0. The van der Waals surface area contributed by atoms with E-state index in [1.165, 1.54) is 12.4 Å². The second-order valence-corrected chi connectivity index (χ2v) is 5.49. The number of nitrogens with zero attached hydrogens (tertiary/aromatic N) is 4. The van der Waals surface area contributed by atoms with Crippen molar-refractivity contribution >= 4 is 11.6 Å². The summed E-state index contributed by atoms with van der Waals surface area (Å²) in [7, 11) is 2.13. The lowest BCUT2D eigenvalue weighted by Gasteiger charge is -2.37. The van der Waals surface area contributed by atoms with Crippen LogP contribution in [-0.4, -0.2) is 46.5 Å². The zero-order valence-electron chi connectivity index (χ0n) is 11.3. The van der Waals surface area contributed by atoms with Crippen LogP contribution < -0.4 is 5.32 Å². The van der Waals surface area contributed by atoms with Crippen molar-refractivity contribution in [1.29, 1.82) is 0 Å². The Balaban J connectivity index is 1.89. The summed E-state index contributed by atoms with van der Waals surface area (Å²) in [5.41, 5.74) is 0.147. The van der Waals surface area contributed by atoms with Gasteiger partial charge in [-0.3, -0.25) is 10.1 Å². The van der Waals surface area contributed by atoms with Crippen LogP contribution >= 0.6 is 0 Å². The zero-order chi connectivity index (χ0) is 13.9. The number of aromatic nitrogens is 2. The van der Waals surface area contributed by atoms with Crippen LogP contribution in [0.4, 0.5) is 11.6 Å². The summed E-state index contributed by atoms with van der Waals surface area (Å²) in [5.74, 6) is 0.450. The Labute approximate surface area is 112 Å². The van der Waals surface area contributed by atoms with E-state index in [-0.39, 0.29) is 11.1 Å². The molecule has 0 unspecified atom stereocenters. The molecule has 0 saturated carbocycles. The summed E-state index contributed by atoms with van der Waals surface area (Å²) >= 11 is 0. The SMILES string of the molecule is CN1CCC(C)(CNc2ncc([N+](=O)[O-])cn2)CC1. The van der Waals surface area contributed by atoms with Crippen molar-refractivity contribution in [2.45, 2.75) is 19.8 Å². The highest BCUT2D eigenvalue weighted by Gasteiger charge is 2.28. The largest absolute Gasteiger partial charge is 0.354 e. The minimum atomic E-state index is -0.498. The Morgan fingerprint density at radius 2 is 2.00 bits per heavy atom. The van der Waals surface area contributed by atoms with Crippen molar-refractivity contribution in [3.8, 4) is 0 Å². The summed E-state index contributed by atoms with van der Waals surface area (Å²) in [6.07, 6.45) is 4.71. The average molecular weight is 265 g/mol. The normalized spacial score (nSPS) is 19.1. The molecule has 104 valence electrons. The molecule has 1 aromatic rings. The van der Waals surface area contributed by atoms with Gasteiger partial charge in [-0.05, 0) is 38.4 Å². The van der Waals surface area contributed by atoms with E-state index in [9.17, 15) is 10.1 Å². The molecular formula is C12H19N5O2. The number of nitro groups is 1. The van der Waals surface area contributed by atoms with Crippen molar-refractivity contribution in [3.05, 3.63) is 22.5 Å². The molecule has 19 heavy (non-hydrogen) atoms. The lowest BCUT2D eigenvalue weighted by Crippen LogP contribution is -2.40. The van der Waals surface area contributed by atoms with Crippen molar-refractivity contribution in [2.24, 2.45) is 5.41 Å². The Kier molecular flexibility index (Phi) is 3.94. The van der Waals surface area contributed by atoms with Gasteiger partial charge in [-0.15, -0.1) is 0 Å². The number of rotatable bonds is 4. The molecule has 0 atom stereocenters. The number of hydrogen-bond donors (Lipinski definition) is 1. The van der Waals surface area contributed by atoms with Crippen LogP contribution in [0.15, 0.2) is 12.4 Å². The van der Waals surface area contributed by atoms with E-state index < -0.39 is 4.92 Å². The van der Waals surface area contributed by atoms with Gasteiger partial charge in [0.1, 0.15) is 12.4 Å². The second-order valence-electron chi connectivity index (χ2n) is 5.49. The minimum absolute atomic E-state index is 0.0870. The summed E-state index contributed by atoms with van der Waals surface area (Å²) in [5, 5.41) is 13.7. The van der Waals surface area contributed by atoms with Gasteiger partial charge in [0.25, 0.3) is 0 Å². The number of anilines is 1. The monoisotopic (exact) mass is 265 g/mol. The van der Waals surface area contributed by atoms with Gasteiger partial charge in [-0.1, -0.05) is 6.92 Å². The van der Waals surface area contributed by atoms with E-state index in [0.717, 1.165) is 32.5 Å². The Morgan fingerprint density at radius 1 is 1.42 bits per heavy atom. The molecule has 0 radical (unpaired) electrons. The van der Waals surface area contributed by atoms with Crippen LogP contribution in [0, 0.1) is 15.5 Å². The molecule has 7 heteroatoms. The molecule has 0 bridgehead atoms. The van der Waals surface area contributed by atoms with Gasteiger partial charge in [0.2, 0.25) is 5.95 Å². The molecule has 0 aliphatic carbocycles. The Hall–Kier alpha value is -1.76. The fourth-order valence-electron chi connectivity index (χ4n) is 2.13. The smallest absolute Gasteiger partial charge is 0.305 e. The van der Waals surface area contributed by atoms with E-state index in [0.29, 0.717) is 5.95 Å². The number of likely N-dealkylation sites (tertiary alicyclic amines) is 1. The first-order valence-electron chi connectivity index (χ1n) is 6.37. The quantitative estimate of drug-likeness (QED) is 0.656. The highest BCUT2D eigenvalue weighted by molar-refractivity contribution is 5.30. The molecular weight excluding hydrogens is 246 g/mol. The van der Waals surface area contributed by atoms with Gasteiger partial charge in [0, 0.05) is 6.54 Å². The molecule has 0 spiro atoms. The first-order chi connectivity index (χ1) is 8.98. The molecule has 1 aliphatic heterocycles. The summed E-state index contributed by atoms with van der Waals surface area (Å²) in [4.78, 5) is 20.2. The van der Waals surface area contributed by atoms with Gasteiger partial charge < -0.3 is 10.2 Å². The fourth-order valence-corrected chi connectivity index (χ4v) is 2.13. The van der Waals surface area contributed by atoms with Crippen LogP contribution in [0.2, 0.25) is 0 Å². The van der Waals surface area contributed by atoms with Gasteiger partial charge in [0.05, 0.1) is 4.92 Å². The first kappa shape index (κ1) is 13.7. The number of hydrogen-bond acceptors (Lipinski definition) is 6. The molecule has 1 fully saturated rings. The molecule has 7 nitrogen and oxygen atoms in total. The number of nitrogens with one attached hydrogen (secondary N) is 1.